The van der Waals surface area contributed by atoms with Crippen molar-refractivity contribution in [1.29, 1.82) is 0 Å². The lowest BCUT2D eigenvalue weighted by molar-refractivity contribution is 0.101. The number of hydrogen-bond acceptors (Lipinski definition) is 3. The molecule has 3 aromatic rings. The Morgan fingerprint density at radius 3 is 2.73 bits per heavy atom. The Morgan fingerprint density at radius 2 is 1.96 bits per heavy atom. The molecule has 0 amide bonds. The molecule has 0 fully saturated rings. The van der Waals surface area contributed by atoms with Crippen LogP contribution in [0.25, 0.3) is 17.0 Å². The normalized spacial score (nSPS) is 14.7. The fraction of sp³-hybridized carbons (Fsp3) is 0.227. The van der Waals surface area contributed by atoms with Gasteiger partial charge in [-0.1, -0.05) is 18.2 Å². The Hall–Kier alpha value is -3.01. The smallest absolute Gasteiger partial charge is 0.231 e. The molecule has 0 bridgehead atoms. The highest BCUT2D eigenvalue weighted by molar-refractivity contribution is 6.15. The maximum Gasteiger partial charge on any atom is 0.231 e. The van der Waals surface area contributed by atoms with Gasteiger partial charge in [-0.15, -0.1) is 0 Å². The third-order valence-corrected chi connectivity index (χ3v) is 4.78. The number of benzene rings is 2. The minimum absolute atomic E-state index is 0.0838. The van der Waals surface area contributed by atoms with Crippen LogP contribution < -0.4 is 9.47 Å². The first-order valence-corrected chi connectivity index (χ1v) is 8.92. The lowest BCUT2D eigenvalue weighted by Crippen LogP contribution is -1.97. The molecule has 4 rings (SSSR count). The van der Waals surface area contributed by atoms with Crippen molar-refractivity contribution in [2.24, 2.45) is 0 Å². The van der Waals surface area contributed by atoms with Crippen molar-refractivity contribution in [2.45, 2.75) is 27.3 Å². The number of aryl methyl sites for hydroxylation is 1. The van der Waals surface area contributed by atoms with Crippen molar-refractivity contribution < 1.29 is 14.3 Å². The molecule has 4 heteroatoms. The number of nitrogens with zero attached hydrogens (tertiary/aromatic N) is 1. The third-order valence-electron chi connectivity index (χ3n) is 4.78. The second kappa shape index (κ2) is 6.37. The summed E-state index contributed by atoms with van der Waals surface area (Å²) in [6.45, 7) is 7.41. The van der Waals surface area contributed by atoms with E-state index in [1.165, 1.54) is 0 Å². The van der Waals surface area contributed by atoms with Gasteiger partial charge in [0, 0.05) is 34.8 Å². The van der Waals surface area contributed by atoms with Gasteiger partial charge in [0.05, 0.1) is 12.2 Å². The molecular formula is C22H21NO3. The zero-order chi connectivity index (χ0) is 18.3. The summed E-state index contributed by atoms with van der Waals surface area (Å²) in [5.74, 6) is 1.63. The van der Waals surface area contributed by atoms with E-state index in [0.717, 1.165) is 34.3 Å². The minimum Gasteiger partial charge on any atom is -0.493 e. The van der Waals surface area contributed by atoms with Crippen LogP contribution in [-0.2, 0) is 6.54 Å². The molecular weight excluding hydrogens is 326 g/mol. The van der Waals surface area contributed by atoms with Crippen LogP contribution in [-0.4, -0.2) is 17.0 Å². The van der Waals surface area contributed by atoms with Gasteiger partial charge < -0.3 is 14.0 Å². The summed E-state index contributed by atoms with van der Waals surface area (Å²) in [5, 5.41) is 1.11. The van der Waals surface area contributed by atoms with Gasteiger partial charge in [-0.3, -0.25) is 4.79 Å². The minimum atomic E-state index is -0.0838. The molecule has 0 N–H and O–H groups in total. The summed E-state index contributed by atoms with van der Waals surface area (Å²) in [5.41, 5.74) is 3.59. The quantitative estimate of drug-likeness (QED) is 0.625. The molecule has 0 spiro atoms. The van der Waals surface area contributed by atoms with E-state index in [4.69, 9.17) is 9.47 Å². The van der Waals surface area contributed by atoms with Gasteiger partial charge in [-0.2, -0.15) is 0 Å². The van der Waals surface area contributed by atoms with E-state index >= 15 is 0 Å². The van der Waals surface area contributed by atoms with Gasteiger partial charge in [-0.05, 0) is 45.0 Å². The van der Waals surface area contributed by atoms with Crippen molar-refractivity contribution in [3.05, 3.63) is 65.0 Å². The molecule has 1 aliphatic rings. The molecule has 1 aliphatic heterocycles. The molecule has 132 valence electrons. The van der Waals surface area contributed by atoms with E-state index in [9.17, 15) is 4.79 Å². The van der Waals surface area contributed by atoms with Gasteiger partial charge in [0.25, 0.3) is 0 Å². The molecule has 0 aliphatic carbocycles. The van der Waals surface area contributed by atoms with E-state index in [2.05, 4.69) is 29.8 Å². The van der Waals surface area contributed by atoms with Crippen LogP contribution in [0.5, 0.6) is 11.5 Å². The van der Waals surface area contributed by atoms with Crippen molar-refractivity contribution in [3.63, 3.8) is 0 Å². The standard InChI is InChI=1S/C22H21NO3/c1-4-23-13-15(16-8-6-7-9-18(16)23)12-20-21(24)17-10-11-19(25-5-2)14(3)22(17)26-20/h6-13H,4-5H2,1-3H3/b20-12-. The highest BCUT2D eigenvalue weighted by atomic mass is 16.5. The van der Waals surface area contributed by atoms with Crippen LogP contribution >= 0.6 is 0 Å². The summed E-state index contributed by atoms with van der Waals surface area (Å²) in [4.78, 5) is 12.8. The molecule has 0 unspecified atom stereocenters. The zero-order valence-electron chi connectivity index (χ0n) is 15.2. The number of aromatic nitrogens is 1. The fourth-order valence-electron chi connectivity index (χ4n) is 3.47. The average Bonchev–Trinajstić information content (AvgIpc) is 3.17. The van der Waals surface area contributed by atoms with Gasteiger partial charge in [-0.25, -0.2) is 0 Å². The Bertz CT molecular complexity index is 1040. The lowest BCUT2D eigenvalue weighted by atomic mass is 10.1. The summed E-state index contributed by atoms with van der Waals surface area (Å²) in [7, 11) is 0. The molecule has 0 radical (unpaired) electrons. The summed E-state index contributed by atoms with van der Waals surface area (Å²) in [6.07, 6.45) is 3.91. The van der Waals surface area contributed by atoms with Crippen LogP contribution in [0, 0.1) is 6.92 Å². The topological polar surface area (TPSA) is 40.5 Å². The number of ether oxygens (including phenoxy) is 2. The van der Waals surface area contributed by atoms with Crippen LogP contribution in [0.3, 0.4) is 0 Å². The van der Waals surface area contributed by atoms with E-state index in [-0.39, 0.29) is 5.78 Å². The maximum atomic E-state index is 12.8. The number of carbonyl (C=O) groups is 1. The van der Waals surface area contributed by atoms with Crippen LogP contribution in [0.2, 0.25) is 0 Å². The van der Waals surface area contributed by atoms with Crippen molar-refractivity contribution in [3.8, 4) is 11.5 Å². The zero-order valence-corrected chi connectivity index (χ0v) is 15.2. The highest BCUT2D eigenvalue weighted by Gasteiger charge is 2.30. The molecule has 1 aromatic heterocycles. The number of rotatable bonds is 4. The van der Waals surface area contributed by atoms with Crippen LogP contribution in [0.15, 0.2) is 48.4 Å². The Labute approximate surface area is 152 Å². The predicted octanol–water partition coefficient (Wildman–Crippen LogP) is 4.98. The number of hydrogen-bond donors (Lipinski definition) is 0. The number of allylic oxidation sites excluding steroid dienone is 1. The Balaban J connectivity index is 1.78. The van der Waals surface area contributed by atoms with Gasteiger partial charge in [0.15, 0.2) is 5.76 Å². The van der Waals surface area contributed by atoms with Gasteiger partial charge >= 0.3 is 0 Å². The first-order valence-electron chi connectivity index (χ1n) is 8.92. The number of Topliss-reactive ketones (excluding diaryl/α,β-unsaturated/α-hetero) is 1. The Morgan fingerprint density at radius 1 is 1.15 bits per heavy atom. The second-order valence-corrected chi connectivity index (χ2v) is 6.33. The van der Waals surface area contributed by atoms with Gasteiger partial charge in [0.2, 0.25) is 5.78 Å². The van der Waals surface area contributed by atoms with E-state index in [1.54, 1.807) is 6.07 Å². The second-order valence-electron chi connectivity index (χ2n) is 6.33. The highest BCUT2D eigenvalue weighted by Crippen LogP contribution is 2.39. The molecule has 26 heavy (non-hydrogen) atoms. The van der Waals surface area contributed by atoms with Gasteiger partial charge in [0.1, 0.15) is 11.5 Å². The SMILES string of the molecule is CCOc1ccc2c(c1C)O/C(=C\c1cn(CC)c3ccccc13)C2=O. The first-order chi connectivity index (χ1) is 12.6. The van der Waals surface area contributed by atoms with E-state index < -0.39 is 0 Å². The largest absolute Gasteiger partial charge is 0.493 e. The number of fused-ring (bicyclic) bond motifs is 2. The molecule has 0 saturated carbocycles. The number of carbonyl (C=O) groups excluding carboxylic acids is 1. The molecule has 0 saturated heterocycles. The molecule has 2 aromatic carbocycles. The lowest BCUT2D eigenvalue weighted by Gasteiger charge is -2.09. The van der Waals surface area contributed by atoms with Crippen molar-refractivity contribution >= 4 is 22.8 Å². The van der Waals surface area contributed by atoms with Crippen LogP contribution in [0.1, 0.15) is 35.3 Å². The molecule has 0 atom stereocenters. The maximum absolute atomic E-state index is 12.8. The Kier molecular flexibility index (Phi) is 4.03. The van der Waals surface area contributed by atoms with E-state index in [0.29, 0.717) is 23.7 Å². The fourth-order valence-corrected chi connectivity index (χ4v) is 3.47. The van der Waals surface area contributed by atoms with Crippen LogP contribution in [0.4, 0.5) is 0 Å². The van der Waals surface area contributed by atoms with Crippen molar-refractivity contribution in [1.82, 2.24) is 4.57 Å². The predicted molar refractivity (Wildman–Crippen MR) is 103 cm³/mol. The summed E-state index contributed by atoms with van der Waals surface area (Å²) >= 11 is 0. The number of ketones is 1. The average molecular weight is 347 g/mol. The summed E-state index contributed by atoms with van der Waals surface area (Å²) < 4.78 is 13.7. The first kappa shape index (κ1) is 16.5. The van der Waals surface area contributed by atoms with E-state index in [1.807, 2.05) is 38.1 Å². The van der Waals surface area contributed by atoms with Crippen molar-refractivity contribution in [2.75, 3.05) is 6.61 Å². The summed E-state index contributed by atoms with van der Waals surface area (Å²) in [6, 6.07) is 11.8. The molecule has 4 nitrogen and oxygen atoms in total. The third kappa shape index (κ3) is 2.49. The monoisotopic (exact) mass is 347 g/mol. The number of para-hydroxylation sites is 1. The molecule has 2 heterocycles.